The maximum Gasteiger partial charge on any atom is 0.332 e. The number of hydrogen-bond acceptors (Lipinski definition) is 9. The molecule has 3 N–H and O–H groups in total. The van der Waals surface area contributed by atoms with Gasteiger partial charge in [-0.1, -0.05) is 26.8 Å². The zero-order chi connectivity index (χ0) is 26.3. The fraction of sp³-hybridized carbons (Fsp3) is 0.542. The van der Waals surface area contributed by atoms with Crippen LogP contribution in [0.5, 0.6) is 5.75 Å². The van der Waals surface area contributed by atoms with Crippen LogP contribution in [0.3, 0.4) is 0 Å². The summed E-state index contributed by atoms with van der Waals surface area (Å²) in [7, 11) is 0. The number of aromatic hydroxyl groups is 1. The highest BCUT2D eigenvalue weighted by atomic mass is 16.6. The van der Waals surface area contributed by atoms with Gasteiger partial charge in [0.05, 0.1) is 17.2 Å². The number of anilines is 1. The summed E-state index contributed by atoms with van der Waals surface area (Å²) in [6.07, 6.45) is -2.49. The van der Waals surface area contributed by atoms with Crippen molar-refractivity contribution in [2.24, 2.45) is 11.8 Å². The summed E-state index contributed by atoms with van der Waals surface area (Å²) in [6, 6.07) is 2.68. The van der Waals surface area contributed by atoms with Gasteiger partial charge in [-0.05, 0) is 38.3 Å². The van der Waals surface area contributed by atoms with Gasteiger partial charge in [-0.3, -0.25) is 19.2 Å². The van der Waals surface area contributed by atoms with E-state index in [1.165, 1.54) is 32.0 Å². The lowest BCUT2D eigenvalue weighted by atomic mass is 9.95. The highest BCUT2D eigenvalue weighted by Crippen LogP contribution is 2.28. The molecule has 0 radical (unpaired) electrons. The van der Waals surface area contributed by atoms with Gasteiger partial charge in [-0.15, -0.1) is 0 Å². The van der Waals surface area contributed by atoms with E-state index in [2.05, 4.69) is 10.6 Å². The van der Waals surface area contributed by atoms with Gasteiger partial charge in [0.25, 0.3) is 5.91 Å². The van der Waals surface area contributed by atoms with E-state index in [0.29, 0.717) is 6.41 Å². The fourth-order valence-corrected chi connectivity index (χ4v) is 3.73. The molecule has 1 fully saturated rings. The van der Waals surface area contributed by atoms with Crippen LogP contribution in [0.4, 0.5) is 5.69 Å². The van der Waals surface area contributed by atoms with E-state index in [4.69, 9.17) is 14.2 Å². The van der Waals surface area contributed by atoms with E-state index in [-0.39, 0.29) is 30.0 Å². The lowest BCUT2D eigenvalue weighted by molar-refractivity contribution is -0.175. The zero-order valence-electron chi connectivity index (χ0n) is 20.4. The Bertz CT molecular complexity index is 962. The predicted molar refractivity (Wildman–Crippen MR) is 123 cm³/mol. The Morgan fingerprint density at radius 2 is 1.80 bits per heavy atom. The Morgan fingerprint density at radius 3 is 2.40 bits per heavy atom. The molecular weight excluding hydrogens is 460 g/mol. The number of cyclic esters (lactones) is 2. The molecule has 1 heterocycles. The highest BCUT2D eigenvalue weighted by molar-refractivity contribution is 6.01. The van der Waals surface area contributed by atoms with E-state index in [0.717, 1.165) is 0 Å². The number of carbonyl (C=O) groups excluding carboxylic acids is 5. The number of nitrogens with one attached hydrogen (secondary N) is 2. The average Bonchev–Trinajstić information content (AvgIpc) is 2.79. The molecule has 11 nitrogen and oxygen atoms in total. The summed E-state index contributed by atoms with van der Waals surface area (Å²) in [6.45, 7) is 8.32. The van der Waals surface area contributed by atoms with Gasteiger partial charge in [0.15, 0.2) is 17.9 Å². The van der Waals surface area contributed by atoms with Crippen molar-refractivity contribution in [2.75, 3.05) is 5.32 Å². The molecule has 1 aromatic rings. The first-order valence-electron chi connectivity index (χ1n) is 11.4. The van der Waals surface area contributed by atoms with Crippen LogP contribution in [-0.2, 0) is 33.4 Å². The first-order chi connectivity index (χ1) is 16.5. The molecule has 0 saturated carbocycles. The minimum absolute atomic E-state index is 0.00497. The molecule has 0 spiro atoms. The van der Waals surface area contributed by atoms with Gasteiger partial charge in [-0.2, -0.15) is 0 Å². The predicted octanol–water partition coefficient (Wildman–Crippen LogP) is 1.92. The summed E-state index contributed by atoms with van der Waals surface area (Å²) in [5.41, 5.74) is -0.224. The number of hydrogen-bond donors (Lipinski definition) is 3. The van der Waals surface area contributed by atoms with Crippen molar-refractivity contribution in [3.63, 3.8) is 0 Å². The molecule has 1 aliphatic heterocycles. The van der Waals surface area contributed by atoms with E-state index in [9.17, 15) is 29.1 Å². The number of carbonyl (C=O) groups is 5. The number of ether oxygens (including phenoxy) is 3. The number of esters is 3. The Hall–Kier alpha value is -3.63. The highest BCUT2D eigenvalue weighted by Gasteiger charge is 2.43. The van der Waals surface area contributed by atoms with Crippen LogP contribution in [0.2, 0.25) is 0 Å². The van der Waals surface area contributed by atoms with Crippen molar-refractivity contribution in [3.8, 4) is 5.75 Å². The van der Waals surface area contributed by atoms with Crippen molar-refractivity contribution < 1.29 is 43.3 Å². The summed E-state index contributed by atoms with van der Waals surface area (Å²) in [5.74, 6) is -4.37. The van der Waals surface area contributed by atoms with Crippen molar-refractivity contribution in [1.29, 1.82) is 0 Å². The molecule has 0 unspecified atom stereocenters. The van der Waals surface area contributed by atoms with Crippen molar-refractivity contribution in [1.82, 2.24) is 5.32 Å². The Balaban J connectivity index is 2.30. The summed E-state index contributed by atoms with van der Waals surface area (Å²) >= 11 is 0. The number of phenols is 1. The number of rotatable bonds is 8. The molecule has 35 heavy (non-hydrogen) atoms. The molecule has 1 aromatic carbocycles. The Kier molecular flexibility index (Phi) is 9.61. The molecule has 2 amide bonds. The monoisotopic (exact) mass is 492 g/mol. The summed E-state index contributed by atoms with van der Waals surface area (Å²) < 4.78 is 16.5. The molecule has 1 saturated heterocycles. The van der Waals surface area contributed by atoms with Crippen molar-refractivity contribution >= 4 is 35.9 Å². The number of phenolic OH excluding ortho intramolecular Hbond substituents is 1. The topological polar surface area (TPSA) is 157 Å². The van der Waals surface area contributed by atoms with Crippen molar-refractivity contribution in [3.05, 3.63) is 23.8 Å². The van der Waals surface area contributed by atoms with Crippen LogP contribution >= 0.6 is 0 Å². The van der Waals surface area contributed by atoms with Crippen LogP contribution in [-0.4, -0.2) is 59.7 Å². The molecule has 0 aliphatic carbocycles. The number of benzene rings is 1. The third-order valence-corrected chi connectivity index (χ3v) is 5.55. The van der Waals surface area contributed by atoms with Gasteiger partial charge >= 0.3 is 17.9 Å². The van der Waals surface area contributed by atoms with Gasteiger partial charge in [0, 0.05) is 6.42 Å². The van der Waals surface area contributed by atoms with E-state index in [1.54, 1.807) is 6.92 Å². The minimum atomic E-state index is -1.42. The first kappa shape index (κ1) is 27.6. The Labute approximate surface area is 203 Å². The summed E-state index contributed by atoms with van der Waals surface area (Å²) in [4.78, 5) is 61.8. The van der Waals surface area contributed by atoms with Crippen LogP contribution in [0.15, 0.2) is 18.2 Å². The molecule has 5 atom stereocenters. The smallest absolute Gasteiger partial charge is 0.332 e. The summed E-state index contributed by atoms with van der Waals surface area (Å²) in [5, 5.41) is 15.0. The van der Waals surface area contributed by atoms with Gasteiger partial charge < -0.3 is 30.0 Å². The van der Waals surface area contributed by atoms with Gasteiger partial charge in [0.2, 0.25) is 6.41 Å². The maximum absolute atomic E-state index is 13.0. The normalized spacial score (nSPS) is 24.8. The van der Waals surface area contributed by atoms with Crippen LogP contribution in [0.25, 0.3) is 0 Å². The first-order valence-corrected chi connectivity index (χ1v) is 11.4. The molecule has 192 valence electrons. The van der Waals surface area contributed by atoms with Crippen LogP contribution < -0.4 is 10.6 Å². The second-order valence-electron chi connectivity index (χ2n) is 8.77. The van der Waals surface area contributed by atoms with Gasteiger partial charge in [0.1, 0.15) is 12.2 Å². The zero-order valence-corrected chi connectivity index (χ0v) is 20.4. The van der Waals surface area contributed by atoms with E-state index < -0.39 is 59.8 Å². The fourth-order valence-electron chi connectivity index (χ4n) is 3.73. The SMILES string of the molecule is CC[C@H]1C(=O)O[C@H](C)[C@H](NC(=O)c2cccc(NC=O)c2O)C(=O)O[C@@H](C)[C@@H]1OC(=O)CC(C)C. The maximum atomic E-state index is 13.0. The number of para-hydroxylation sites is 1. The Morgan fingerprint density at radius 1 is 1.14 bits per heavy atom. The lowest BCUT2D eigenvalue weighted by Gasteiger charge is -2.28. The second-order valence-corrected chi connectivity index (χ2v) is 8.77. The largest absolute Gasteiger partial charge is 0.505 e. The van der Waals surface area contributed by atoms with E-state index in [1.807, 2.05) is 13.8 Å². The molecule has 2 rings (SSSR count). The number of amides is 2. The van der Waals surface area contributed by atoms with Crippen molar-refractivity contribution in [2.45, 2.75) is 71.8 Å². The quantitative estimate of drug-likeness (QED) is 0.213. The van der Waals surface area contributed by atoms with E-state index >= 15 is 0 Å². The standard InChI is InChI=1S/C24H32N2O9/c1-6-15-21(35-18(28)10-12(2)3)14(5)34-24(32)19(13(4)33-23(15)31)26-22(30)16-8-7-9-17(20(16)29)25-11-27/h7-9,11-15,19,21,29H,6,10H2,1-5H3,(H,25,27)(H,26,30)/t13-,14+,15-,19+,21+/m1/s1. The molecule has 1 aliphatic rings. The second kappa shape index (κ2) is 12.2. The van der Waals surface area contributed by atoms with Crippen LogP contribution in [0.1, 0.15) is 57.8 Å². The minimum Gasteiger partial charge on any atom is -0.505 e. The molecule has 0 bridgehead atoms. The molecular formula is C24H32N2O9. The molecule has 0 aromatic heterocycles. The lowest BCUT2D eigenvalue weighted by Crippen LogP contribution is -2.50. The average molecular weight is 493 g/mol. The van der Waals surface area contributed by atoms with Gasteiger partial charge in [-0.25, -0.2) is 4.79 Å². The third-order valence-electron chi connectivity index (χ3n) is 5.55. The van der Waals surface area contributed by atoms with Crippen LogP contribution in [0, 0.1) is 11.8 Å². The third kappa shape index (κ3) is 6.93. The molecule has 11 heteroatoms.